The van der Waals surface area contributed by atoms with E-state index in [0.717, 1.165) is 46.3 Å². The van der Waals surface area contributed by atoms with Gasteiger partial charge < -0.3 is 14.4 Å². The number of amides is 1. The molecule has 0 radical (unpaired) electrons. The van der Waals surface area contributed by atoms with Gasteiger partial charge in [-0.25, -0.2) is 4.98 Å². The number of aromatic nitrogens is 2. The Morgan fingerprint density at radius 2 is 1.77 bits per heavy atom. The van der Waals surface area contributed by atoms with E-state index in [4.69, 9.17) is 0 Å². The summed E-state index contributed by atoms with van der Waals surface area (Å²) in [4.78, 5) is 32.8. The number of carbonyl (C=O) groups excluding carboxylic acids is 1. The zero-order chi connectivity index (χ0) is 24.5. The first-order chi connectivity index (χ1) is 17.0. The lowest BCUT2D eigenvalue weighted by Crippen LogP contribution is -2.35. The van der Waals surface area contributed by atoms with E-state index in [1.807, 2.05) is 54.4 Å². The lowest BCUT2D eigenvalue weighted by molar-refractivity contribution is -0.385. The standard InChI is InChI=1S/C27H27N5O3/c1-19-8-6-11-22-24(26(29(2)25(19)22)20-9-4-3-5-10-20)27(33)31-15-7-14-30(16-17-31)23-13-12-21(18-28-23)32(34)35/h3-6,8-13,18H,7,14-17H2,1-2H3. The van der Waals surface area contributed by atoms with Crippen LogP contribution in [-0.4, -0.2) is 51.5 Å². The number of nitro groups is 1. The monoisotopic (exact) mass is 469 g/mol. The molecule has 3 heterocycles. The molecule has 1 amide bonds. The summed E-state index contributed by atoms with van der Waals surface area (Å²) in [7, 11) is 2.03. The number of rotatable bonds is 4. The summed E-state index contributed by atoms with van der Waals surface area (Å²) >= 11 is 0. The number of benzene rings is 2. The maximum absolute atomic E-state index is 14.1. The van der Waals surface area contributed by atoms with Gasteiger partial charge in [0.2, 0.25) is 0 Å². The molecule has 1 saturated heterocycles. The van der Waals surface area contributed by atoms with Gasteiger partial charge >= 0.3 is 0 Å². The van der Waals surface area contributed by atoms with E-state index in [2.05, 4.69) is 27.4 Å². The van der Waals surface area contributed by atoms with Gasteiger partial charge in [-0.15, -0.1) is 0 Å². The Labute approximate surface area is 203 Å². The highest BCUT2D eigenvalue weighted by Gasteiger charge is 2.28. The Bertz CT molecular complexity index is 1400. The van der Waals surface area contributed by atoms with Crippen molar-refractivity contribution in [3.63, 3.8) is 0 Å². The maximum Gasteiger partial charge on any atom is 0.287 e. The van der Waals surface area contributed by atoms with Gasteiger partial charge in [-0.05, 0) is 30.5 Å². The second-order valence-corrected chi connectivity index (χ2v) is 8.88. The number of anilines is 1. The van der Waals surface area contributed by atoms with E-state index in [0.29, 0.717) is 25.5 Å². The number of para-hydroxylation sites is 1. The Balaban J connectivity index is 1.48. The van der Waals surface area contributed by atoms with Crippen LogP contribution in [0.25, 0.3) is 22.2 Å². The fraction of sp³-hybridized carbons (Fsp3) is 0.259. The molecule has 0 unspecified atom stereocenters. The number of aryl methyl sites for hydroxylation is 2. The molecule has 2 aromatic carbocycles. The Morgan fingerprint density at radius 3 is 2.49 bits per heavy atom. The smallest absolute Gasteiger partial charge is 0.287 e. The molecule has 35 heavy (non-hydrogen) atoms. The zero-order valence-electron chi connectivity index (χ0n) is 19.8. The first kappa shape index (κ1) is 22.6. The molecule has 0 bridgehead atoms. The van der Waals surface area contributed by atoms with E-state index >= 15 is 0 Å². The summed E-state index contributed by atoms with van der Waals surface area (Å²) in [5.74, 6) is 0.717. The number of carbonyl (C=O) groups is 1. The van der Waals surface area contributed by atoms with Gasteiger partial charge in [0.05, 0.1) is 21.7 Å². The molecule has 1 aliphatic rings. The van der Waals surface area contributed by atoms with Gasteiger partial charge in [-0.3, -0.25) is 14.9 Å². The quantitative estimate of drug-likeness (QED) is 0.316. The SMILES string of the molecule is Cc1cccc2c(C(=O)N3CCCN(c4ccc([N+](=O)[O-])cn4)CC3)c(-c3ccccc3)n(C)c12. The number of pyridine rings is 1. The minimum atomic E-state index is -0.449. The van der Waals surface area contributed by atoms with E-state index in [-0.39, 0.29) is 11.6 Å². The molecule has 4 aromatic rings. The van der Waals surface area contributed by atoms with Crippen LogP contribution in [0.2, 0.25) is 0 Å². The molecule has 1 fully saturated rings. The van der Waals surface area contributed by atoms with Gasteiger partial charge in [0.15, 0.2) is 0 Å². The van der Waals surface area contributed by atoms with Crippen LogP contribution in [0.15, 0.2) is 66.9 Å². The van der Waals surface area contributed by atoms with Crippen molar-refractivity contribution in [3.8, 4) is 11.3 Å². The summed E-state index contributed by atoms with van der Waals surface area (Å²) in [5.41, 5.74) is 4.85. The molecule has 2 aromatic heterocycles. The van der Waals surface area contributed by atoms with Crippen LogP contribution >= 0.6 is 0 Å². The predicted octanol–water partition coefficient (Wildman–Crippen LogP) is 4.81. The van der Waals surface area contributed by atoms with Crippen molar-refractivity contribution in [2.24, 2.45) is 7.05 Å². The molecule has 0 N–H and O–H groups in total. The van der Waals surface area contributed by atoms with Crippen molar-refractivity contribution >= 4 is 28.3 Å². The molecule has 178 valence electrons. The third-order valence-electron chi connectivity index (χ3n) is 6.73. The van der Waals surface area contributed by atoms with Crippen molar-refractivity contribution in [3.05, 3.63) is 88.1 Å². The lowest BCUT2D eigenvalue weighted by Gasteiger charge is -2.23. The molecule has 5 rings (SSSR count). The lowest BCUT2D eigenvalue weighted by atomic mass is 10.0. The Kier molecular flexibility index (Phi) is 5.94. The molecular formula is C27H27N5O3. The fourth-order valence-corrected chi connectivity index (χ4v) is 5.04. The molecule has 8 nitrogen and oxygen atoms in total. The van der Waals surface area contributed by atoms with Crippen LogP contribution < -0.4 is 4.90 Å². The highest BCUT2D eigenvalue weighted by Crippen LogP contribution is 2.35. The summed E-state index contributed by atoms with van der Waals surface area (Å²) in [5, 5.41) is 11.9. The number of nitrogens with zero attached hydrogens (tertiary/aromatic N) is 5. The van der Waals surface area contributed by atoms with E-state index < -0.39 is 4.92 Å². The number of hydrogen-bond acceptors (Lipinski definition) is 5. The van der Waals surface area contributed by atoms with E-state index in [9.17, 15) is 14.9 Å². The normalized spacial score (nSPS) is 14.2. The molecule has 0 saturated carbocycles. The third kappa shape index (κ3) is 4.12. The predicted molar refractivity (Wildman–Crippen MR) is 137 cm³/mol. The van der Waals surface area contributed by atoms with E-state index in [1.165, 1.54) is 12.3 Å². The van der Waals surface area contributed by atoms with Crippen LogP contribution in [0, 0.1) is 17.0 Å². The van der Waals surface area contributed by atoms with Crippen LogP contribution in [-0.2, 0) is 7.05 Å². The fourth-order valence-electron chi connectivity index (χ4n) is 5.04. The van der Waals surface area contributed by atoms with Gasteiger partial charge in [-0.2, -0.15) is 0 Å². The average Bonchev–Trinajstić information content (AvgIpc) is 3.01. The van der Waals surface area contributed by atoms with Crippen LogP contribution in [0.4, 0.5) is 11.5 Å². The zero-order valence-corrected chi connectivity index (χ0v) is 19.8. The summed E-state index contributed by atoms with van der Waals surface area (Å²) in [6, 6.07) is 19.3. The highest BCUT2D eigenvalue weighted by molar-refractivity contribution is 6.13. The Morgan fingerprint density at radius 1 is 0.971 bits per heavy atom. The van der Waals surface area contributed by atoms with Crippen molar-refractivity contribution in [1.82, 2.24) is 14.5 Å². The molecular weight excluding hydrogens is 442 g/mol. The Hall–Kier alpha value is -4.20. The molecule has 8 heteroatoms. The van der Waals surface area contributed by atoms with Crippen molar-refractivity contribution in [2.75, 3.05) is 31.1 Å². The van der Waals surface area contributed by atoms with E-state index in [1.54, 1.807) is 6.07 Å². The molecule has 0 aliphatic carbocycles. The first-order valence-electron chi connectivity index (χ1n) is 11.7. The number of fused-ring (bicyclic) bond motifs is 1. The van der Waals surface area contributed by atoms with Gasteiger partial charge in [-0.1, -0.05) is 48.5 Å². The van der Waals surface area contributed by atoms with Crippen LogP contribution in [0.1, 0.15) is 22.3 Å². The summed E-state index contributed by atoms with van der Waals surface area (Å²) < 4.78 is 2.14. The van der Waals surface area contributed by atoms with Gasteiger partial charge in [0.1, 0.15) is 12.0 Å². The first-order valence-corrected chi connectivity index (χ1v) is 11.7. The minimum Gasteiger partial charge on any atom is -0.355 e. The van der Waals surface area contributed by atoms with Gasteiger partial charge in [0.25, 0.3) is 11.6 Å². The van der Waals surface area contributed by atoms with Crippen molar-refractivity contribution < 1.29 is 9.72 Å². The van der Waals surface area contributed by atoms with Gasteiger partial charge in [0, 0.05) is 44.7 Å². The molecule has 1 aliphatic heterocycles. The molecule has 0 atom stereocenters. The van der Waals surface area contributed by atoms with Crippen LogP contribution in [0.5, 0.6) is 0 Å². The molecule has 0 spiro atoms. The van der Waals surface area contributed by atoms with Crippen LogP contribution in [0.3, 0.4) is 0 Å². The average molecular weight is 470 g/mol. The third-order valence-corrected chi connectivity index (χ3v) is 6.73. The van der Waals surface area contributed by atoms with Crippen molar-refractivity contribution in [2.45, 2.75) is 13.3 Å². The topological polar surface area (TPSA) is 84.5 Å². The van der Waals surface area contributed by atoms with Crippen molar-refractivity contribution in [1.29, 1.82) is 0 Å². The maximum atomic E-state index is 14.1. The second-order valence-electron chi connectivity index (χ2n) is 8.88. The largest absolute Gasteiger partial charge is 0.355 e. The minimum absolute atomic E-state index is 0.0264. The summed E-state index contributed by atoms with van der Waals surface area (Å²) in [6.45, 7) is 4.61. The summed E-state index contributed by atoms with van der Waals surface area (Å²) in [6.07, 6.45) is 2.07. The number of hydrogen-bond donors (Lipinski definition) is 0. The second kappa shape index (κ2) is 9.21. The highest BCUT2D eigenvalue weighted by atomic mass is 16.6.